The van der Waals surface area contributed by atoms with Crippen LogP contribution in [0.25, 0.3) is 16.8 Å². The third kappa shape index (κ3) is 3.56. The third-order valence-corrected chi connectivity index (χ3v) is 4.50. The van der Waals surface area contributed by atoms with Crippen molar-refractivity contribution in [2.24, 2.45) is 0 Å². The number of hydrogen-bond donors (Lipinski definition) is 0. The molecule has 3 rings (SSSR count). The van der Waals surface area contributed by atoms with Crippen molar-refractivity contribution in [1.82, 2.24) is 0 Å². The van der Waals surface area contributed by atoms with Crippen LogP contribution in [-0.2, 0) is 16.9 Å². The van der Waals surface area contributed by atoms with E-state index in [9.17, 15) is 8.94 Å². The molecule has 0 heterocycles. The van der Waals surface area contributed by atoms with E-state index >= 15 is 0 Å². The predicted octanol–water partition coefficient (Wildman–Crippen LogP) is 4.90. The number of fused-ring (bicyclic) bond motifs is 1. The predicted molar refractivity (Wildman–Crippen MR) is 91.2 cm³/mol. The van der Waals surface area contributed by atoms with Crippen LogP contribution < -0.4 is 0 Å². The van der Waals surface area contributed by atoms with Crippen LogP contribution in [0.4, 0.5) is 4.39 Å². The normalized spacial score (nSPS) is 12.8. The van der Waals surface area contributed by atoms with E-state index in [0.717, 1.165) is 21.9 Å². The van der Waals surface area contributed by atoms with Crippen LogP contribution in [0.15, 0.2) is 72.1 Å². The summed E-state index contributed by atoms with van der Waals surface area (Å²) in [4.78, 5) is 0. The lowest BCUT2D eigenvalue weighted by Crippen LogP contribution is -2.00. The maximum atomic E-state index is 12.8. The number of benzene rings is 3. The highest BCUT2D eigenvalue weighted by atomic mass is 32.2. The van der Waals surface area contributed by atoms with Crippen LogP contribution >= 0.6 is 0 Å². The van der Waals surface area contributed by atoms with E-state index in [-0.39, 0.29) is 5.82 Å². The van der Waals surface area contributed by atoms with Gasteiger partial charge in [-0.1, -0.05) is 54.6 Å². The first kappa shape index (κ1) is 14.8. The van der Waals surface area contributed by atoms with Crippen molar-refractivity contribution in [3.8, 4) is 0 Å². The van der Waals surface area contributed by atoms with Gasteiger partial charge >= 0.3 is 0 Å². The minimum Gasteiger partial charge on any atom is -0.612 e. The summed E-state index contributed by atoms with van der Waals surface area (Å²) in [6, 6.07) is 20.3. The zero-order chi connectivity index (χ0) is 15.4. The molecule has 0 radical (unpaired) electrons. The molecule has 0 aromatic heterocycles. The van der Waals surface area contributed by atoms with E-state index in [1.165, 1.54) is 12.1 Å². The molecular formula is C19H15FOS. The van der Waals surface area contributed by atoms with Crippen LogP contribution in [0.1, 0.15) is 11.1 Å². The van der Waals surface area contributed by atoms with Gasteiger partial charge in [0.2, 0.25) is 0 Å². The first-order chi connectivity index (χ1) is 10.7. The molecule has 3 aromatic carbocycles. The maximum absolute atomic E-state index is 12.8. The molecule has 3 heteroatoms. The van der Waals surface area contributed by atoms with Gasteiger partial charge in [-0.15, -0.1) is 0 Å². The van der Waals surface area contributed by atoms with Crippen molar-refractivity contribution in [3.05, 3.63) is 89.1 Å². The molecule has 0 aliphatic heterocycles. The molecule has 0 bridgehead atoms. The van der Waals surface area contributed by atoms with E-state index in [0.29, 0.717) is 5.75 Å². The molecule has 0 saturated carbocycles. The summed E-state index contributed by atoms with van der Waals surface area (Å²) >= 11 is -1.11. The van der Waals surface area contributed by atoms with E-state index < -0.39 is 11.2 Å². The van der Waals surface area contributed by atoms with Gasteiger partial charge in [0.1, 0.15) is 17.0 Å². The first-order valence-electron chi connectivity index (χ1n) is 7.00. The van der Waals surface area contributed by atoms with Gasteiger partial charge in [0.05, 0.1) is 0 Å². The van der Waals surface area contributed by atoms with Crippen molar-refractivity contribution in [3.63, 3.8) is 0 Å². The lowest BCUT2D eigenvalue weighted by atomic mass is 10.1. The van der Waals surface area contributed by atoms with Crippen molar-refractivity contribution >= 4 is 28.0 Å². The zero-order valence-electron chi connectivity index (χ0n) is 11.9. The lowest BCUT2D eigenvalue weighted by molar-refractivity contribution is 0.603. The quantitative estimate of drug-likeness (QED) is 0.629. The van der Waals surface area contributed by atoms with Crippen molar-refractivity contribution in [2.45, 2.75) is 5.75 Å². The van der Waals surface area contributed by atoms with Crippen molar-refractivity contribution < 1.29 is 8.94 Å². The fourth-order valence-electron chi connectivity index (χ4n) is 2.35. The SMILES string of the molecule is [O-][S+](C=Cc1ccc(F)cc1)Cc1cccc2ccccc12. The summed E-state index contributed by atoms with van der Waals surface area (Å²) in [5.74, 6) is 0.202. The summed E-state index contributed by atoms with van der Waals surface area (Å²) in [5.41, 5.74) is 1.91. The number of hydrogen-bond acceptors (Lipinski definition) is 1. The molecule has 110 valence electrons. The van der Waals surface area contributed by atoms with Gasteiger partial charge in [0.25, 0.3) is 0 Å². The fraction of sp³-hybridized carbons (Fsp3) is 0.0526. The zero-order valence-corrected chi connectivity index (χ0v) is 12.7. The standard InChI is InChI=1S/C19H15FOS/c20-18-10-8-15(9-11-18)12-13-22(21)14-17-6-3-5-16-4-1-2-7-19(16)17/h1-13H,14H2. The fourth-order valence-corrected chi connectivity index (χ4v) is 3.31. The Labute approximate surface area is 132 Å². The Morgan fingerprint density at radius 1 is 0.909 bits per heavy atom. The molecule has 22 heavy (non-hydrogen) atoms. The highest BCUT2D eigenvalue weighted by molar-refractivity contribution is 7.93. The Kier molecular flexibility index (Phi) is 4.56. The van der Waals surface area contributed by atoms with E-state index in [2.05, 4.69) is 12.1 Å². The van der Waals surface area contributed by atoms with Crippen LogP contribution in [0.3, 0.4) is 0 Å². The first-order valence-corrected chi connectivity index (χ1v) is 8.38. The van der Waals surface area contributed by atoms with Crippen LogP contribution in [-0.4, -0.2) is 4.55 Å². The third-order valence-electron chi connectivity index (χ3n) is 3.46. The molecule has 1 nitrogen and oxygen atoms in total. The van der Waals surface area contributed by atoms with Crippen LogP contribution in [0.5, 0.6) is 0 Å². The minimum atomic E-state index is -1.11. The summed E-state index contributed by atoms with van der Waals surface area (Å²) < 4.78 is 25.1. The Hall–Kier alpha value is -2.10. The molecule has 0 N–H and O–H groups in total. The van der Waals surface area contributed by atoms with Gasteiger partial charge in [0, 0.05) is 5.56 Å². The van der Waals surface area contributed by atoms with Gasteiger partial charge in [-0.25, -0.2) is 4.39 Å². The summed E-state index contributed by atoms with van der Waals surface area (Å²) in [7, 11) is 0. The summed E-state index contributed by atoms with van der Waals surface area (Å²) in [6.07, 6.45) is 1.76. The van der Waals surface area contributed by atoms with Crippen molar-refractivity contribution in [2.75, 3.05) is 0 Å². The Morgan fingerprint density at radius 2 is 1.64 bits per heavy atom. The average molecular weight is 310 g/mol. The number of halogens is 1. The molecular weight excluding hydrogens is 295 g/mol. The lowest BCUT2D eigenvalue weighted by Gasteiger charge is -2.08. The highest BCUT2D eigenvalue weighted by Gasteiger charge is 2.07. The molecule has 0 amide bonds. The molecule has 0 aliphatic carbocycles. The molecule has 3 aromatic rings. The van der Waals surface area contributed by atoms with Gasteiger partial charge in [-0.05, 0) is 45.7 Å². The molecule has 1 atom stereocenters. The Balaban J connectivity index is 1.75. The molecule has 1 unspecified atom stereocenters. The smallest absolute Gasteiger partial charge is 0.136 e. The topological polar surface area (TPSA) is 23.1 Å². The molecule has 0 fully saturated rings. The largest absolute Gasteiger partial charge is 0.612 e. The molecule has 0 aliphatic rings. The second kappa shape index (κ2) is 6.77. The van der Waals surface area contributed by atoms with Gasteiger partial charge in [-0.2, -0.15) is 0 Å². The second-order valence-electron chi connectivity index (χ2n) is 5.02. The van der Waals surface area contributed by atoms with E-state index in [1.807, 2.05) is 30.3 Å². The van der Waals surface area contributed by atoms with Crippen LogP contribution in [0.2, 0.25) is 0 Å². The van der Waals surface area contributed by atoms with E-state index in [4.69, 9.17) is 0 Å². The van der Waals surface area contributed by atoms with Gasteiger partial charge < -0.3 is 4.55 Å². The monoisotopic (exact) mass is 310 g/mol. The Morgan fingerprint density at radius 3 is 2.45 bits per heavy atom. The average Bonchev–Trinajstić information content (AvgIpc) is 2.55. The minimum absolute atomic E-state index is 0.269. The Bertz CT molecular complexity index is 791. The van der Waals surface area contributed by atoms with Gasteiger partial charge in [0.15, 0.2) is 0 Å². The van der Waals surface area contributed by atoms with E-state index in [1.54, 1.807) is 23.6 Å². The second-order valence-corrected chi connectivity index (χ2v) is 6.34. The van der Waals surface area contributed by atoms with Gasteiger partial charge in [-0.3, -0.25) is 0 Å². The number of rotatable bonds is 4. The highest BCUT2D eigenvalue weighted by Crippen LogP contribution is 2.21. The molecule has 0 saturated heterocycles. The van der Waals surface area contributed by atoms with Crippen LogP contribution in [0, 0.1) is 5.82 Å². The maximum Gasteiger partial charge on any atom is 0.136 e. The van der Waals surface area contributed by atoms with Crippen molar-refractivity contribution in [1.29, 1.82) is 0 Å². The summed E-state index contributed by atoms with van der Waals surface area (Å²) in [5, 5.41) is 3.95. The molecule has 0 spiro atoms. The summed E-state index contributed by atoms with van der Waals surface area (Å²) in [6.45, 7) is 0.